The number of carbonyl (C=O) groups excluding carboxylic acids is 1. The smallest absolute Gasteiger partial charge is 0.326 e. The highest BCUT2D eigenvalue weighted by Crippen LogP contribution is 2.37. The van der Waals surface area contributed by atoms with Crippen LogP contribution in [0.1, 0.15) is 25.7 Å². The summed E-state index contributed by atoms with van der Waals surface area (Å²) in [5.74, 6) is 2.22. The summed E-state index contributed by atoms with van der Waals surface area (Å²) < 4.78 is 37.5. The van der Waals surface area contributed by atoms with Crippen molar-refractivity contribution in [3.05, 3.63) is 12.5 Å². The number of alkyl halides is 3. The molecule has 1 aliphatic rings. The van der Waals surface area contributed by atoms with Gasteiger partial charge in [-0.05, 0) is 0 Å². The minimum atomic E-state index is -4.33. The van der Waals surface area contributed by atoms with Crippen molar-refractivity contribution in [1.29, 1.82) is 0 Å². The third-order valence-electron chi connectivity index (χ3n) is 3.07. The third kappa shape index (κ3) is 4.87. The lowest BCUT2D eigenvalue weighted by Gasteiger charge is -2.08. The van der Waals surface area contributed by atoms with Gasteiger partial charge in [-0.25, -0.2) is 4.98 Å². The van der Waals surface area contributed by atoms with Crippen molar-refractivity contribution in [3.8, 4) is 12.3 Å². The zero-order chi connectivity index (χ0) is 16.2. The van der Waals surface area contributed by atoms with E-state index < -0.39 is 18.4 Å². The van der Waals surface area contributed by atoms with Crippen molar-refractivity contribution >= 4 is 11.7 Å². The van der Waals surface area contributed by atoms with Gasteiger partial charge in [0.25, 0.3) is 0 Å². The molecule has 1 aliphatic heterocycles. The quantitative estimate of drug-likeness (QED) is 0.786. The van der Waals surface area contributed by atoms with Crippen molar-refractivity contribution in [2.45, 2.75) is 44.1 Å². The molecule has 6 nitrogen and oxygen atoms in total. The van der Waals surface area contributed by atoms with Crippen LogP contribution in [0.5, 0.6) is 0 Å². The fraction of sp³-hybridized carbons (Fsp3) is 0.538. The topological polar surface area (TPSA) is 71.6 Å². The monoisotopic (exact) mass is 313 g/mol. The van der Waals surface area contributed by atoms with Gasteiger partial charge in [0.2, 0.25) is 5.91 Å². The molecule has 2 heterocycles. The second kappa shape index (κ2) is 6.17. The number of nitrogens with zero attached hydrogens (tertiary/aromatic N) is 4. The molecule has 0 bridgehead atoms. The molecule has 0 aromatic carbocycles. The molecular formula is C13H14F3N5O. The SMILES string of the molecule is C#CCCC1(CCC(=O)Nc2cn(CC(F)(F)F)cn2)N=N1. The molecule has 0 unspecified atom stereocenters. The zero-order valence-electron chi connectivity index (χ0n) is 11.6. The van der Waals surface area contributed by atoms with Crippen LogP contribution in [0, 0.1) is 12.3 Å². The normalized spacial score (nSPS) is 15.4. The summed E-state index contributed by atoms with van der Waals surface area (Å²) in [7, 11) is 0. The fourth-order valence-electron chi connectivity index (χ4n) is 1.91. The van der Waals surface area contributed by atoms with Crippen LogP contribution in [0.3, 0.4) is 0 Å². The molecular weight excluding hydrogens is 299 g/mol. The molecule has 118 valence electrons. The van der Waals surface area contributed by atoms with Gasteiger partial charge in [-0.2, -0.15) is 23.4 Å². The van der Waals surface area contributed by atoms with Crippen molar-refractivity contribution in [2.75, 3.05) is 5.32 Å². The summed E-state index contributed by atoms with van der Waals surface area (Å²) in [4.78, 5) is 15.5. The molecule has 1 aromatic heterocycles. The van der Waals surface area contributed by atoms with E-state index >= 15 is 0 Å². The number of hydrogen-bond donors (Lipinski definition) is 1. The lowest BCUT2D eigenvalue weighted by molar-refractivity contribution is -0.140. The highest BCUT2D eigenvalue weighted by atomic mass is 19.4. The molecule has 0 atom stereocenters. The molecule has 0 fully saturated rings. The Morgan fingerprint density at radius 3 is 2.73 bits per heavy atom. The van der Waals surface area contributed by atoms with Crippen molar-refractivity contribution in [1.82, 2.24) is 9.55 Å². The van der Waals surface area contributed by atoms with E-state index in [0.717, 1.165) is 17.1 Å². The number of anilines is 1. The Labute approximate surface area is 124 Å². The first-order valence-electron chi connectivity index (χ1n) is 6.58. The van der Waals surface area contributed by atoms with E-state index in [-0.39, 0.29) is 18.1 Å². The molecule has 0 radical (unpaired) electrons. The number of terminal acetylenes is 1. The van der Waals surface area contributed by atoms with Gasteiger partial charge < -0.3 is 9.88 Å². The highest BCUT2D eigenvalue weighted by molar-refractivity contribution is 5.89. The summed E-state index contributed by atoms with van der Waals surface area (Å²) in [6.07, 6.45) is 4.66. The van der Waals surface area contributed by atoms with Gasteiger partial charge in [-0.15, -0.1) is 12.3 Å². The number of amides is 1. The molecule has 1 amide bonds. The number of rotatable bonds is 7. The van der Waals surface area contributed by atoms with E-state index in [2.05, 4.69) is 26.4 Å². The first-order valence-corrected chi connectivity index (χ1v) is 6.58. The number of hydrogen-bond acceptors (Lipinski definition) is 4. The Hall–Kier alpha value is -2.37. The molecule has 0 aliphatic carbocycles. The molecule has 1 N–H and O–H groups in total. The van der Waals surface area contributed by atoms with E-state index in [1.165, 1.54) is 0 Å². The van der Waals surface area contributed by atoms with Gasteiger partial charge in [0.1, 0.15) is 6.54 Å². The van der Waals surface area contributed by atoms with Crippen LogP contribution in [0.2, 0.25) is 0 Å². The van der Waals surface area contributed by atoms with Gasteiger partial charge in [-0.3, -0.25) is 4.79 Å². The molecule has 0 spiro atoms. The number of nitrogens with one attached hydrogen (secondary N) is 1. The summed E-state index contributed by atoms with van der Waals surface area (Å²) in [6, 6.07) is 0. The average molecular weight is 313 g/mol. The Balaban J connectivity index is 1.77. The first-order chi connectivity index (χ1) is 10.3. The molecule has 2 rings (SSSR count). The fourth-order valence-corrected chi connectivity index (χ4v) is 1.91. The first kappa shape index (κ1) is 16.0. The number of carbonyl (C=O) groups is 1. The molecule has 1 aromatic rings. The Bertz CT molecular complexity index is 608. The zero-order valence-corrected chi connectivity index (χ0v) is 11.6. The molecule has 0 saturated carbocycles. The van der Waals surface area contributed by atoms with Crippen LogP contribution in [-0.4, -0.2) is 27.3 Å². The summed E-state index contributed by atoms with van der Waals surface area (Å²) in [5, 5.41) is 10.2. The number of aromatic nitrogens is 2. The predicted octanol–water partition coefficient (Wildman–Crippen LogP) is 2.74. The minimum Gasteiger partial charge on any atom is -0.326 e. The van der Waals surface area contributed by atoms with Crippen LogP contribution < -0.4 is 5.32 Å². The number of halogens is 3. The van der Waals surface area contributed by atoms with Crippen LogP contribution in [-0.2, 0) is 11.3 Å². The van der Waals surface area contributed by atoms with Crippen LogP contribution in [0.15, 0.2) is 22.8 Å². The largest absolute Gasteiger partial charge is 0.406 e. The summed E-state index contributed by atoms with van der Waals surface area (Å²) >= 11 is 0. The maximum absolute atomic E-state index is 12.2. The van der Waals surface area contributed by atoms with Crippen LogP contribution in [0.4, 0.5) is 19.0 Å². The van der Waals surface area contributed by atoms with Crippen molar-refractivity contribution in [2.24, 2.45) is 10.2 Å². The molecule has 22 heavy (non-hydrogen) atoms. The average Bonchev–Trinajstić information content (AvgIpc) is 3.07. The predicted molar refractivity (Wildman–Crippen MR) is 71.8 cm³/mol. The van der Waals surface area contributed by atoms with E-state index in [0.29, 0.717) is 19.3 Å². The lowest BCUT2D eigenvalue weighted by Crippen LogP contribution is -2.18. The van der Waals surface area contributed by atoms with Gasteiger partial charge in [0.05, 0.1) is 6.33 Å². The van der Waals surface area contributed by atoms with E-state index in [4.69, 9.17) is 6.42 Å². The van der Waals surface area contributed by atoms with Gasteiger partial charge in [-0.1, -0.05) is 0 Å². The maximum atomic E-state index is 12.2. The lowest BCUT2D eigenvalue weighted by atomic mass is 10.0. The van der Waals surface area contributed by atoms with Crippen LogP contribution in [0.25, 0.3) is 0 Å². The van der Waals surface area contributed by atoms with Crippen molar-refractivity contribution < 1.29 is 18.0 Å². The highest BCUT2D eigenvalue weighted by Gasteiger charge is 2.39. The van der Waals surface area contributed by atoms with Gasteiger partial charge >= 0.3 is 6.18 Å². The second-order valence-electron chi connectivity index (χ2n) is 4.98. The van der Waals surface area contributed by atoms with E-state index in [1.54, 1.807) is 0 Å². The Kier molecular flexibility index (Phi) is 4.49. The second-order valence-corrected chi connectivity index (χ2v) is 4.98. The number of imidazole rings is 1. The van der Waals surface area contributed by atoms with Gasteiger partial charge in [0.15, 0.2) is 11.5 Å². The van der Waals surface area contributed by atoms with Crippen LogP contribution >= 0.6 is 0 Å². The Morgan fingerprint density at radius 2 is 2.14 bits per heavy atom. The van der Waals surface area contributed by atoms with E-state index in [1.807, 2.05) is 0 Å². The standard InChI is InChI=1S/C13H14F3N5O/c1-2-3-5-12(19-20-12)6-4-11(22)18-10-7-21(9-17-10)8-13(14,15)16/h1,7,9H,3-6,8H2,(H,18,22). The van der Waals surface area contributed by atoms with Crippen molar-refractivity contribution in [3.63, 3.8) is 0 Å². The van der Waals surface area contributed by atoms with E-state index in [9.17, 15) is 18.0 Å². The maximum Gasteiger partial charge on any atom is 0.406 e. The minimum absolute atomic E-state index is 0.0802. The third-order valence-corrected chi connectivity index (χ3v) is 3.07. The summed E-state index contributed by atoms with van der Waals surface area (Å²) in [5.41, 5.74) is -0.556. The Morgan fingerprint density at radius 1 is 1.41 bits per heavy atom. The van der Waals surface area contributed by atoms with Gasteiger partial charge in [0, 0.05) is 31.9 Å². The summed E-state index contributed by atoms with van der Waals surface area (Å²) in [6.45, 7) is -1.15. The molecule has 9 heteroatoms. The molecule has 0 saturated heterocycles.